The van der Waals surface area contributed by atoms with Crippen LogP contribution in [0, 0.1) is 0 Å². The van der Waals surface area contributed by atoms with E-state index in [9.17, 15) is 9.59 Å². The molecule has 0 radical (unpaired) electrons. The average molecular weight is 385 g/mol. The summed E-state index contributed by atoms with van der Waals surface area (Å²) in [6, 6.07) is 12.6. The minimum absolute atomic E-state index is 0.0687. The number of aromatic nitrogens is 3. The fourth-order valence-corrected chi connectivity index (χ4v) is 3.17. The van der Waals surface area contributed by atoms with E-state index < -0.39 is 12.0 Å². The molecule has 1 atom stereocenters. The monoisotopic (exact) mass is 385 g/mol. The summed E-state index contributed by atoms with van der Waals surface area (Å²) in [5, 5.41) is 8.63. The van der Waals surface area contributed by atoms with E-state index in [0.29, 0.717) is 22.3 Å². The Bertz CT molecular complexity index is 992. The molecule has 10 heteroatoms. The van der Waals surface area contributed by atoms with Crippen LogP contribution < -0.4 is 20.3 Å². The number of amides is 2. The van der Waals surface area contributed by atoms with Crippen LogP contribution in [0.2, 0.25) is 0 Å². The van der Waals surface area contributed by atoms with E-state index >= 15 is 0 Å². The number of nitrogens with one attached hydrogen (secondary N) is 2. The highest BCUT2D eigenvalue weighted by Crippen LogP contribution is 2.30. The van der Waals surface area contributed by atoms with Crippen LogP contribution in [0.15, 0.2) is 53.8 Å². The van der Waals surface area contributed by atoms with Gasteiger partial charge in [0.25, 0.3) is 5.91 Å². The van der Waals surface area contributed by atoms with Crippen LogP contribution in [0.4, 0.5) is 0 Å². The maximum atomic E-state index is 12.2. The highest BCUT2D eigenvalue weighted by atomic mass is 32.2. The van der Waals surface area contributed by atoms with Crippen LogP contribution in [0.3, 0.4) is 0 Å². The highest BCUT2D eigenvalue weighted by Gasteiger charge is 2.27. The summed E-state index contributed by atoms with van der Waals surface area (Å²) < 4.78 is 12.8. The Morgan fingerprint density at radius 3 is 2.81 bits per heavy atom. The second kappa shape index (κ2) is 7.54. The number of carbonyl (C=O) groups is 2. The molecule has 2 aromatic heterocycles. The van der Waals surface area contributed by atoms with Crippen LogP contribution in [0.5, 0.6) is 11.5 Å². The third-order valence-corrected chi connectivity index (χ3v) is 4.68. The summed E-state index contributed by atoms with van der Waals surface area (Å²) >= 11 is 1.21. The molecule has 2 N–H and O–H groups in total. The zero-order valence-corrected chi connectivity index (χ0v) is 14.8. The second-order valence-corrected chi connectivity index (χ2v) is 6.54. The number of fused-ring (bicyclic) bond motifs is 2. The SMILES string of the molecule is O=C(CSc1nnc2ccccn12)NNC(=O)[C@H]1COc2ccccc2O1. The Kier molecular flexibility index (Phi) is 4.79. The number of pyridine rings is 1. The van der Waals surface area contributed by atoms with Crippen molar-refractivity contribution in [2.45, 2.75) is 11.3 Å². The topological polar surface area (TPSA) is 107 Å². The number of nitrogens with zero attached hydrogens (tertiary/aromatic N) is 3. The molecule has 4 rings (SSSR count). The maximum absolute atomic E-state index is 12.2. The molecule has 2 amide bonds. The van der Waals surface area contributed by atoms with Crippen molar-refractivity contribution in [2.75, 3.05) is 12.4 Å². The molecule has 0 unspecified atom stereocenters. The molecule has 1 aromatic carbocycles. The lowest BCUT2D eigenvalue weighted by molar-refractivity contribution is -0.134. The molecule has 0 bridgehead atoms. The molecule has 0 aliphatic carbocycles. The van der Waals surface area contributed by atoms with Gasteiger partial charge in [-0.05, 0) is 24.3 Å². The first-order valence-electron chi connectivity index (χ1n) is 8.10. The van der Waals surface area contributed by atoms with E-state index in [1.165, 1.54) is 11.8 Å². The molecule has 0 fully saturated rings. The number of carbonyl (C=O) groups excluding carboxylic acids is 2. The summed E-state index contributed by atoms with van der Waals surface area (Å²) in [5.74, 6) is 0.279. The van der Waals surface area contributed by atoms with E-state index in [2.05, 4.69) is 21.0 Å². The third kappa shape index (κ3) is 3.80. The van der Waals surface area contributed by atoms with Gasteiger partial charge in [-0.1, -0.05) is 30.0 Å². The highest BCUT2D eigenvalue weighted by molar-refractivity contribution is 7.99. The standard InChI is InChI=1S/C17H15N5O4S/c23-15(10-27-17-21-18-14-7-3-4-8-22(14)17)19-20-16(24)13-9-25-11-5-1-2-6-12(11)26-13/h1-8,13H,9-10H2,(H,19,23)(H,20,24)/t13-/m1/s1. The Labute approximate surface area is 158 Å². The molecule has 27 heavy (non-hydrogen) atoms. The molecule has 138 valence electrons. The van der Waals surface area contributed by atoms with Crippen molar-refractivity contribution >= 4 is 29.2 Å². The molecule has 0 saturated heterocycles. The third-order valence-electron chi connectivity index (χ3n) is 3.74. The summed E-state index contributed by atoms with van der Waals surface area (Å²) in [6.45, 7) is 0.0687. The smallest absolute Gasteiger partial charge is 0.283 e. The summed E-state index contributed by atoms with van der Waals surface area (Å²) in [6.07, 6.45) is 0.976. The van der Waals surface area contributed by atoms with E-state index in [1.54, 1.807) is 22.6 Å². The fourth-order valence-electron chi connectivity index (χ4n) is 2.44. The number of para-hydroxylation sites is 2. The van der Waals surface area contributed by atoms with Gasteiger partial charge >= 0.3 is 0 Å². The first kappa shape index (κ1) is 17.2. The van der Waals surface area contributed by atoms with Crippen LogP contribution in [0.1, 0.15) is 0 Å². The predicted octanol–water partition coefficient (Wildman–Crippen LogP) is 0.809. The Morgan fingerprint density at radius 2 is 1.93 bits per heavy atom. The van der Waals surface area contributed by atoms with Gasteiger partial charge in [-0.3, -0.25) is 24.8 Å². The molecule has 1 aliphatic heterocycles. The van der Waals surface area contributed by atoms with E-state index in [4.69, 9.17) is 9.47 Å². The number of hydrazine groups is 1. The van der Waals surface area contributed by atoms with Gasteiger partial charge in [-0.2, -0.15) is 0 Å². The van der Waals surface area contributed by atoms with Gasteiger partial charge in [0.1, 0.15) is 6.61 Å². The zero-order valence-electron chi connectivity index (χ0n) is 14.0. The molecular weight excluding hydrogens is 370 g/mol. The number of hydrogen-bond acceptors (Lipinski definition) is 7. The quantitative estimate of drug-likeness (QED) is 0.505. The Hall–Kier alpha value is -3.27. The lowest BCUT2D eigenvalue weighted by Crippen LogP contribution is -2.51. The average Bonchev–Trinajstić information content (AvgIpc) is 3.13. The summed E-state index contributed by atoms with van der Waals surface area (Å²) in [5.41, 5.74) is 5.41. The van der Waals surface area contributed by atoms with Gasteiger partial charge in [0.2, 0.25) is 12.0 Å². The van der Waals surface area contributed by atoms with Crippen LogP contribution in [-0.4, -0.2) is 44.9 Å². The summed E-state index contributed by atoms with van der Waals surface area (Å²) in [7, 11) is 0. The first-order valence-corrected chi connectivity index (χ1v) is 9.09. The van der Waals surface area contributed by atoms with Crippen molar-refractivity contribution < 1.29 is 19.1 Å². The van der Waals surface area contributed by atoms with Crippen LogP contribution in [0.25, 0.3) is 5.65 Å². The largest absolute Gasteiger partial charge is 0.485 e. The van der Waals surface area contributed by atoms with Crippen LogP contribution in [-0.2, 0) is 9.59 Å². The molecular formula is C17H15N5O4S. The molecule has 3 aromatic rings. The van der Waals surface area contributed by atoms with Gasteiger partial charge < -0.3 is 9.47 Å². The fraction of sp³-hybridized carbons (Fsp3) is 0.176. The number of ether oxygens (including phenoxy) is 2. The van der Waals surface area contributed by atoms with E-state index in [0.717, 1.165) is 0 Å². The second-order valence-electron chi connectivity index (χ2n) is 5.60. The summed E-state index contributed by atoms with van der Waals surface area (Å²) in [4.78, 5) is 24.1. The van der Waals surface area contributed by atoms with Crippen molar-refractivity contribution in [1.29, 1.82) is 0 Å². The Morgan fingerprint density at radius 1 is 1.11 bits per heavy atom. The van der Waals surface area contributed by atoms with Crippen molar-refractivity contribution in [3.63, 3.8) is 0 Å². The Balaban J connectivity index is 1.26. The number of rotatable bonds is 4. The molecule has 0 spiro atoms. The minimum Gasteiger partial charge on any atom is -0.485 e. The number of hydrogen-bond donors (Lipinski definition) is 2. The lowest BCUT2D eigenvalue weighted by Gasteiger charge is -2.25. The van der Waals surface area contributed by atoms with Crippen molar-refractivity contribution in [3.05, 3.63) is 48.7 Å². The lowest BCUT2D eigenvalue weighted by atomic mass is 10.2. The number of benzene rings is 1. The van der Waals surface area contributed by atoms with E-state index in [1.807, 2.05) is 30.5 Å². The van der Waals surface area contributed by atoms with Crippen LogP contribution >= 0.6 is 11.8 Å². The van der Waals surface area contributed by atoms with Gasteiger partial charge in [0.15, 0.2) is 22.3 Å². The van der Waals surface area contributed by atoms with Crippen molar-refractivity contribution in [3.8, 4) is 11.5 Å². The van der Waals surface area contributed by atoms with E-state index in [-0.39, 0.29) is 18.3 Å². The van der Waals surface area contributed by atoms with Gasteiger partial charge in [-0.15, -0.1) is 10.2 Å². The van der Waals surface area contributed by atoms with Crippen molar-refractivity contribution in [1.82, 2.24) is 25.4 Å². The molecule has 0 saturated carbocycles. The predicted molar refractivity (Wildman–Crippen MR) is 96.3 cm³/mol. The normalized spacial score (nSPS) is 15.3. The van der Waals surface area contributed by atoms with Gasteiger partial charge in [0, 0.05) is 6.20 Å². The zero-order chi connectivity index (χ0) is 18.6. The van der Waals surface area contributed by atoms with Crippen molar-refractivity contribution in [2.24, 2.45) is 0 Å². The minimum atomic E-state index is -0.840. The molecule has 9 nitrogen and oxygen atoms in total. The maximum Gasteiger partial charge on any atom is 0.283 e. The molecule has 1 aliphatic rings. The molecule has 3 heterocycles. The van der Waals surface area contributed by atoms with Gasteiger partial charge in [0.05, 0.1) is 5.75 Å². The number of thioether (sulfide) groups is 1. The van der Waals surface area contributed by atoms with Gasteiger partial charge in [-0.25, -0.2) is 0 Å². The first-order chi connectivity index (χ1) is 13.2.